The Hall–Kier alpha value is -2.39. The second-order valence-electron chi connectivity index (χ2n) is 7.92. The van der Waals surface area contributed by atoms with Gasteiger partial charge in [-0.15, -0.1) is 0 Å². The molecule has 2 aromatic carbocycles. The fraction of sp³-hybridized carbons (Fsp3) is 0.409. The zero-order valence-corrected chi connectivity index (χ0v) is 17.5. The van der Waals surface area contributed by atoms with Gasteiger partial charge in [-0.05, 0) is 55.4 Å². The van der Waals surface area contributed by atoms with Crippen LogP contribution in [0.1, 0.15) is 48.4 Å². The summed E-state index contributed by atoms with van der Waals surface area (Å²) >= 11 is 0. The normalized spacial score (nSPS) is 22.2. The summed E-state index contributed by atoms with van der Waals surface area (Å²) in [5.41, 5.74) is 0.938. The van der Waals surface area contributed by atoms with E-state index < -0.39 is 38.6 Å². The number of halogens is 3. The topological polar surface area (TPSA) is 66.5 Å². The number of hydrogen-bond acceptors (Lipinski definition) is 3. The van der Waals surface area contributed by atoms with Crippen LogP contribution in [0.2, 0.25) is 0 Å². The van der Waals surface area contributed by atoms with Crippen LogP contribution < -0.4 is 5.32 Å². The number of aryl methyl sites for hydroxylation is 1. The third-order valence-electron chi connectivity index (χ3n) is 5.97. The number of fused-ring (bicyclic) bond motifs is 1. The molecular formula is C22H23F3N2O3S. The lowest BCUT2D eigenvalue weighted by atomic mass is 9.87. The van der Waals surface area contributed by atoms with E-state index in [1.54, 1.807) is 0 Å². The third-order valence-corrected chi connectivity index (χ3v) is 7.94. The van der Waals surface area contributed by atoms with Gasteiger partial charge < -0.3 is 5.32 Å². The van der Waals surface area contributed by atoms with E-state index in [2.05, 4.69) is 5.32 Å². The molecule has 1 N–H and O–H groups in total. The molecule has 31 heavy (non-hydrogen) atoms. The number of nitrogens with one attached hydrogen (secondary N) is 1. The first-order valence-corrected chi connectivity index (χ1v) is 11.7. The molecule has 0 saturated carbocycles. The van der Waals surface area contributed by atoms with Crippen LogP contribution in [0.4, 0.5) is 13.2 Å². The van der Waals surface area contributed by atoms with Crippen LogP contribution in [0.25, 0.3) is 0 Å². The summed E-state index contributed by atoms with van der Waals surface area (Å²) in [6.45, 7) is 0.00780. The van der Waals surface area contributed by atoms with Crippen molar-refractivity contribution in [1.29, 1.82) is 0 Å². The monoisotopic (exact) mass is 452 g/mol. The number of nitrogens with zero attached hydrogens (tertiary/aromatic N) is 1. The number of benzene rings is 2. The van der Waals surface area contributed by atoms with Crippen LogP contribution >= 0.6 is 0 Å². The van der Waals surface area contributed by atoms with Gasteiger partial charge in [-0.1, -0.05) is 36.4 Å². The summed E-state index contributed by atoms with van der Waals surface area (Å²) in [7, 11) is -4.50. The van der Waals surface area contributed by atoms with E-state index in [-0.39, 0.29) is 19.0 Å². The molecule has 1 heterocycles. The molecule has 2 atom stereocenters. The lowest BCUT2D eigenvalue weighted by Crippen LogP contribution is -2.47. The quantitative estimate of drug-likeness (QED) is 0.761. The zero-order valence-electron chi connectivity index (χ0n) is 16.7. The second kappa shape index (κ2) is 8.27. The summed E-state index contributed by atoms with van der Waals surface area (Å²) in [6, 6.07) is 10.6. The third kappa shape index (κ3) is 4.21. The van der Waals surface area contributed by atoms with Crippen molar-refractivity contribution >= 4 is 15.9 Å². The van der Waals surface area contributed by atoms with E-state index >= 15 is 0 Å². The highest BCUT2D eigenvalue weighted by atomic mass is 32.2. The number of alkyl halides is 3. The number of carbonyl (C=O) groups excluding carboxylic acids is 1. The maximum atomic E-state index is 13.4. The Morgan fingerprint density at radius 3 is 2.48 bits per heavy atom. The van der Waals surface area contributed by atoms with Crippen molar-refractivity contribution in [2.75, 3.05) is 6.54 Å². The Morgan fingerprint density at radius 1 is 1.00 bits per heavy atom. The first-order valence-electron chi connectivity index (χ1n) is 10.3. The van der Waals surface area contributed by atoms with Crippen molar-refractivity contribution in [2.24, 2.45) is 0 Å². The molecule has 0 spiro atoms. The van der Waals surface area contributed by atoms with Crippen LogP contribution in [-0.2, 0) is 27.4 Å². The number of hydrogen-bond donors (Lipinski definition) is 1. The Labute approximate surface area is 179 Å². The van der Waals surface area contributed by atoms with Crippen molar-refractivity contribution in [3.05, 3.63) is 65.2 Å². The highest BCUT2D eigenvalue weighted by Crippen LogP contribution is 2.37. The van der Waals surface area contributed by atoms with Crippen molar-refractivity contribution in [3.8, 4) is 0 Å². The Kier molecular flexibility index (Phi) is 5.83. The van der Waals surface area contributed by atoms with Gasteiger partial charge in [-0.3, -0.25) is 4.79 Å². The lowest BCUT2D eigenvalue weighted by molar-refractivity contribution is -0.139. The fourth-order valence-electron chi connectivity index (χ4n) is 4.51. The van der Waals surface area contributed by atoms with Gasteiger partial charge in [0, 0.05) is 6.54 Å². The second-order valence-corrected chi connectivity index (χ2v) is 9.78. The first-order chi connectivity index (χ1) is 14.7. The van der Waals surface area contributed by atoms with Gasteiger partial charge in [0.25, 0.3) is 0 Å². The molecule has 5 nitrogen and oxygen atoms in total. The highest BCUT2D eigenvalue weighted by Gasteiger charge is 2.44. The minimum atomic E-state index is -4.81. The number of amides is 1. The maximum absolute atomic E-state index is 13.4. The van der Waals surface area contributed by atoms with Crippen LogP contribution in [0.3, 0.4) is 0 Å². The van der Waals surface area contributed by atoms with Crippen molar-refractivity contribution < 1.29 is 26.4 Å². The fourth-order valence-corrected chi connectivity index (χ4v) is 6.38. The zero-order chi connectivity index (χ0) is 22.2. The standard InChI is InChI=1S/C22H23F3N2O3S/c23-22(24,25)17-10-3-4-13-20(17)31(29,30)27-14-6-12-19(27)21(28)26-18-11-5-8-15-7-1-2-9-16(15)18/h1-4,7,9-10,13,18-19H,5-6,8,11-12,14H2,(H,26,28)/t18-,19+/m1/s1. The van der Waals surface area contributed by atoms with Gasteiger partial charge in [-0.2, -0.15) is 17.5 Å². The lowest BCUT2D eigenvalue weighted by Gasteiger charge is -2.30. The predicted molar refractivity (Wildman–Crippen MR) is 109 cm³/mol. The van der Waals surface area contributed by atoms with E-state index in [1.807, 2.05) is 24.3 Å². The van der Waals surface area contributed by atoms with Crippen LogP contribution in [-0.4, -0.2) is 31.2 Å². The highest BCUT2D eigenvalue weighted by molar-refractivity contribution is 7.89. The summed E-state index contributed by atoms with van der Waals surface area (Å²) in [6.07, 6.45) is -1.58. The first kappa shape index (κ1) is 21.8. The largest absolute Gasteiger partial charge is 0.417 e. The van der Waals surface area contributed by atoms with Gasteiger partial charge in [0.2, 0.25) is 15.9 Å². The van der Waals surface area contributed by atoms with Gasteiger partial charge in [0.1, 0.15) is 6.04 Å². The van der Waals surface area contributed by atoms with Crippen molar-refractivity contribution in [1.82, 2.24) is 9.62 Å². The molecule has 1 saturated heterocycles. The molecule has 0 bridgehead atoms. The maximum Gasteiger partial charge on any atom is 0.417 e. The summed E-state index contributed by atoms with van der Waals surface area (Å²) in [5, 5.41) is 2.95. The smallest absolute Gasteiger partial charge is 0.348 e. The molecule has 1 aliphatic carbocycles. The molecule has 1 amide bonds. The molecule has 4 rings (SSSR count). The molecule has 1 aliphatic heterocycles. The SMILES string of the molecule is O=C(N[C@@H]1CCCc2ccccc21)[C@@H]1CCCN1S(=O)(=O)c1ccccc1C(F)(F)F. The minimum absolute atomic E-state index is 0.00780. The molecule has 0 unspecified atom stereocenters. The number of sulfonamides is 1. The van der Waals surface area contributed by atoms with Gasteiger partial charge in [0.05, 0.1) is 16.5 Å². The molecule has 0 aromatic heterocycles. The van der Waals surface area contributed by atoms with Crippen molar-refractivity contribution in [3.63, 3.8) is 0 Å². The summed E-state index contributed by atoms with van der Waals surface area (Å²) in [4.78, 5) is 12.2. The van der Waals surface area contributed by atoms with Gasteiger partial charge >= 0.3 is 6.18 Å². The Balaban J connectivity index is 1.60. The van der Waals surface area contributed by atoms with E-state index in [0.717, 1.165) is 52.9 Å². The van der Waals surface area contributed by atoms with Crippen molar-refractivity contribution in [2.45, 2.75) is 55.3 Å². The van der Waals surface area contributed by atoms with Gasteiger partial charge in [-0.25, -0.2) is 8.42 Å². The molecule has 2 aliphatic rings. The van der Waals surface area contributed by atoms with E-state index in [0.29, 0.717) is 6.42 Å². The average molecular weight is 452 g/mol. The summed E-state index contributed by atoms with van der Waals surface area (Å²) < 4.78 is 67.5. The molecular weight excluding hydrogens is 429 g/mol. The number of carbonyl (C=O) groups is 1. The Morgan fingerprint density at radius 2 is 1.71 bits per heavy atom. The molecule has 0 radical (unpaired) electrons. The molecule has 166 valence electrons. The molecule has 9 heteroatoms. The van der Waals surface area contributed by atoms with Gasteiger partial charge in [0.15, 0.2) is 0 Å². The molecule has 1 fully saturated rings. The van der Waals surface area contributed by atoms with Crippen LogP contribution in [0.15, 0.2) is 53.4 Å². The Bertz CT molecular complexity index is 1090. The molecule has 2 aromatic rings. The number of rotatable bonds is 4. The van der Waals surface area contributed by atoms with Crippen LogP contribution in [0, 0.1) is 0 Å². The van der Waals surface area contributed by atoms with E-state index in [9.17, 15) is 26.4 Å². The minimum Gasteiger partial charge on any atom is -0.348 e. The summed E-state index contributed by atoms with van der Waals surface area (Å²) in [5.74, 6) is -0.465. The van der Waals surface area contributed by atoms with Crippen LogP contribution in [0.5, 0.6) is 0 Å². The predicted octanol–water partition coefficient (Wildman–Crippen LogP) is 4.05. The van der Waals surface area contributed by atoms with E-state index in [4.69, 9.17) is 0 Å². The average Bonchev–Trinajstić information content (AvgIpc) is 3.24. The van der Waals surface area contributed by atoms with E-state index in [1.165, 1.54) is 6.07 Å².